The fourth-order valence-electron chi connectivity index (χ4n) is 2.17. The third kappa shape index (κ3) is 3.71. The molecule has 5 heteroatoms. The van der Waals surface area contributed by atoms with Crippen molar-refractivity contribution in [3.63, 3.8) is 0 Å². The first-order valence-electron chi connectivity index (χ1n) is 6.78. The molecule has 0 aliphatic heterocycles. The summed E-state index contributed by atoms with van der Waals surface area (Å²) in [7, 11) is 0. The Kier molecular flexibility index (Phi) is 5.38. The van der Waals surface area contributed by atoms with Gasteiger partial charge in [-0.1, -0.05) is 29.5 Å². The van der Waals surface area contributed by atoms with Crippen molar-refractivity contribution in [1.82, 2.24) is 4.57 Å². The maximum atomic E-state index is 11.7. The number of aliphatic hydroxyl groups excluding tert-OH is 1. The van der Waals surface area contributed by atoms with E-state index in [1.807, 2.05) is 30.5 Å². The Hall–Kier alpha value is -1.59. The third-order valence-corrected chi connectivity index (χ3v) is 4.16. The molecule has 0 fully saturated rings. The van der Waals surface area contributed by atoms with Crippen LogP contribution in [0.1, 0.15) is 12.1 Å². The number of aromatic nitrogens is 1. The normalized spacial score (nSPS) is 10.7. The summed E-state index contributed by atoms with van der Waals surface area (Å²) in [5.74, 6) is 0. The van der Waals surface area contributed by atoms with Gasteiger partial charge < -0.3 is 14.6 Å². The SMILES string of the molecule is Cc1csc(=O)n1CCN(CCCO)c1ccccc1. The Labute approximate surface area is 122 Å². The highest BCUT2D eigenvalue weighted by Crippen LogP contribution is 2.13. The van der Waals surface area contributed by atoms with E-state index in [0.717, 1.165) is 30.9 Å². The number of aryl methyl sites for hydroxylation is 1. The molecule has 1 heterocycles. The van der Waals surface area contributed by atoms with Crippen LogP contribution >= 0.6 is 11.3 Å². The van der Waals surface area contributed by atoms with E-state index in [2.05, 4.69) is 17.0 Å². The van der Waals surface area contributed by atoms with E-state index >= 15 is 0 Å². The van der Waals surface area contributed by atoms with Gasteiger partial charge in [0.15, 0.2) is 0 Å². The molecular weight excluding hydrogens is 272 g/mol. The number of rotatable bonds is 7. The molecule has 0 unspecified atom stereocenters. The molecule has 1 aromatic heterocycles. The van der Waals surface area contributed by atoms with E-state index in [4.69, 9.17) is 5.11 Å². The van der Waals surface area contributed by atoms with Crippen LogP contribution in [0.15, 0.2) is 40.5 Å². The van der Waals surface area contributed by atoms with Crippen LogP contribution in [-0.2, 0) is 6.54 Å². The molecule has 1 N–H and O–H groups in total. The Morgan fingerprint density at radius 2 is 2.00 bits per heavy atom. The van der Waals surface area contributed by atoms with Crippen LogP contribution in [0.2, 0.25) is 0 Å². The summed E-state index contributed by atoms with van der Waals surface area (Å²) in [6, 6.07) is 10.1. The zero-order chi connectivity index (χ0) is 14.4. The number of benzene rings is 1. The van der Waals surface area contributed by atoms with Crippen LogP contribution in [-0.4, -0.2) is 29.4 Å². The lowest BCUT2D eigenvalue weighted by Crippen LogP contribution is -2.31. The molecule has 0 radical (unpaired) electrons. The average molecular weight is 292 g/mol. The molecule has 20 heavy (non-hydrogen) atoms. The van der Waals surface area contributed by atoms with Gasteiger partial charge >= 0.3 is 4.87 Å². The summed E-state index contributed by atoms with van der Waals surface area (Å²) in [5, 5.41) is 10.9. The summed E-state index contributed by atoms with van der Waals surface area (Å²) in [6.45, 7) is 4.37. The van der Waals surface area contributed by atoms with E-state index in [-0.39, 0.29) is 11.5 Å². The average Bonchev–Trinajstić information content (AvgIpc) is 2.79. The first kappa shape index (κ1) is 14.8. The summed E-state index contributed by atoms with van der Waals surface area (Å²) < 4.78 is 1.81. The van der Waals surface area contributed by atoms with Gasteiger partial charge in [-0.15, -0.1) is 0 Å². The van der Waals surface area contributed by atoms with E-state index in [1.54, 1.807) is 4.57 Å². The number of hydrogen-bond acceptors (Lipinski definition) is 4. The maximum absolute atomic E-state index is 11.7. The second-order valence-corrected chi connectivity index (χ2v) is 5.52. The van der Waals surface area contributed by atoms with Gasteiger partial charge in [0.05, 0.1) is 0 Å². The summed E-state index contributed by atoms with van der Waals surface area (Å²) in [4.78, 5) is 14.0. The zero-order valence-corrected chi connectivity index (χ0v) is 12.5. The van der Waals surface area contributed by atoms with Crippen LogP contribution in [0.4, 0.5) is 5.69 Å². The number of thiazole rings is 1. The molecule has 0 spiro atoms. The minimum absolute atomic E-state index is 0.0951. The number of hydrogen-bond donors (Lipinski definition) is 1. The molecular formula is C15H20N2O2S. The summed E-state index contributed by atoms with van der Waals surface area (Å²) in [6.07, 6.45) is 0.729. The molecule has 1 aromatic carbocycles. The Balaban J connectivity index is 2.07. The van der Waals surface area contributed by atoms with Crippen LogP contribution in [0, 0.1) is 6.92 Å². The monoisotopic (exact) mass is 292 g/mol. The minimum Gasteiger partial charge on any atom is -0.396 e. The Bertz CT molecular complexity index is 577. The maximum Gasteiger partial charge on any atom is 0.307 e. The first-order chi connectivity index (χ1) is 9.72. The number of para-hydroxylation sites is 1. The van der Waals surface area contributed by atoms with Gasteiger partial charge in [0, 0.05) is 43.0 Å². The molecule has 4 nitrogen and oxygen atoms in total. The van der Waals surface area contributed by atoms with Crippen molar-refractivity contribution >= 4 is 17.0 Å². The molecule has 0 atom stereocenters. The number of anilines is 1. The van der Waals surface area contributed by atoms with Gasteiger partial charge in [0.25, 0.3) is 0 Å². The van der Waals surface area contributed by atoms with Gasteiger partial charge in [0.1, 0.15) is 0 Å². The standard InChI is InChI=1S/C15H20N2O2S/c1-13-12-20-15(19)17(13)10-9-16(8-5-11-18)14-6-3-2-4-7-14/h2-4,6-7,12,18H,5,8-11H2,1H3. The van der Waals surface area contributed by atoms with Crippen molar-refractivity contribution in [3.05, 3.63) is 51.1 Å². The van der Waals surface area contributed by atoms with Crippen molar-refractivity contribution in [2.75, 3.05) is 24.6 Å². The smallest absolute Gasteiger partial charge is 0.307 e. The number of aliphatic hydroxyl groups is 1. The van der Waals surface area contributed by atoms with Gasteiger partial charge in [-0.05, 0) is 25.5 Å². The molecule has 0 saturated heterocycles. The Morgan fingerprint density at radius 3 is 2.60 bits per heavy atom. The third-order valence-electron chi connectivity index (χ3n) is 3.28. The lowest BCUT2D eigenvalue weighted by atomic mass is 10.2. The van der Waals surface area contributed by atoms with Crippen molar-refractivity contribution in [1.29, 1.82) is 0 Å². The zero-order valence-electron chi connectivity index (χ0n) is 11.7. The van der Waals surface area contributed by atoms with Crippen molar-refractivity contribution < 1.29 is 5.11 Å². The van der Waals surface area contributed by atoms with E-state index in [1.165, 1.54) is 11.3 Å². The molecule has 2 rings (SSSR count). The molecule has 0 aliphatic rings. The quantitative estimate of drug-likeness (QED) is 0.850. The molecule has 0 amide bonds. The van der Waals surface area contributed by atoms with Crippen molar-refractivity contribution in [2.45, 2.75) is 19.9 Å². The van der Waals surface area contributed by atoms with Gasteiger partial charge in [-0.3, -0.25) is 4.79 Å². The van der Waals surface area contributed by atoms with Gasteiger partial charge in [-0.2, -0.15) is 0 Å². The fourth-order valence-corrected chi connectivity index (χ4v) is 2.93. The second kappa shape index (κ2) is 7.26. The van der Waals surface area contributed by atoms with Gasteiger partial charge in [0.2, 0.25) is 0 Å². The molecule has 0 aliphatic carbocycles. The van der Waals surface area contributed by atoms with E-state index in [9.17, 15) is 4.79 Å². The molecule has 0 bridgehead atoms. The van der Waals surface area contributed by atoms with Crippen molar-refractivity contribution in [2.24, 2.45) is 0 Å². The van der Waals surface area contributed by atoms with E-state index < -0.39 is 0 Å². The topological polar surface area (TPSA) is 45.5 Å². The fraction of sp³-hybridized carbons (Fsp3) is 0.400. The number of nitrogens with zero attached hydrogens (tertiary/aromatic N) is 2. The van der Waals surface area contributed by atoms with Crippen LogP contribution in [0.5, 0.6) is 0 Å². The molecule has 0 saturated carbocycles. The lowest BCUT2D eigenvalue weighted by molar-refractivity contribution is 0.289. The Morgan fingerprint density at radius 1 is 1.25 bits per heavy atom. The van der Waals surface area contributed by atoms with Crippen LogP contribution in [0.25, 0.3) is 0 Å². The van der Waals surface area contributed by atoms with E-state index in [0.29, 0.717) is 6.54 Å². The molecule has 2 aromatic rings. The van der Waals surface area contributed by atoms with Crippen LogP contribution in [0.3, 0.4) is 0 Å². The highest BCUT2D eigenvalue weighted by Gasteiger charge is 2.08. The predicted octanol–water partition coefficient (Wildman–Crippen LogP) is 2.11. The summed E-state index contributed by atoms with van der Waals surface area (Å²) >= 11 is 1.25. The highest BCUT2D eigenvalue weighted by molar-refractivity contribution is 7.07. The minimum atomic E-state index is 0.0951. The van der Waals surface area contributed by atoms with Gasteiger partial charge in [-0.25, -0.2) is 0 Å². The second-order valence-electron chi connectivity index (χ2n) is 4.69. The van der Waals surface area contributed by atoms with Crippen LogP contribution < -0.4 is 9.77 Å². The lowest BCUT2D eigenvalue weighted by Gasteiger charge is -2.25. The predicted molar refractivity (Wildman–Crippen MR) is 83.7 cm³/mol. The molecule has 108 valence electrons. The highest BCUT2D eigenvalue weighted by atomic mass is 32.1. The van der Waals surface area contributed by atoms with Crippen molar-refractivity contribution in [3.8, 4) is 0 Å². The largest absolute Gasteiger partial charge is 0.396 e. The summed E-state index contributed by atoms with van der Waals surface area (Å²) in [5.41, 5.74) is 2.14. The first-order valence-corrected chi connectivity index (χ1v) is 7.66.